The molecule has 1 aliphatic carbocycles. The number of unbranched alkanes of at least 4 members (excludes halogenated alkanes) is 1. The fourth-order valence-corrected chi connectivity index (χ4v) is 2.99. The molecule has 19 heavy (non-hydrogen) atoms. The first-order chi connectivity index (χ1) is 9.15. The zero-order chi connectivity index (χ0) is 13.7. The minimum Gasteiger partial charge on any atom is -0.379 e. The minimum atomic E-state index is -1.25. The fraction of sp³-hybridized carbons (Fsp3) is 0.533. The molecule has 0 radical (unpaired) electrons. The van der Waals surface area contributed by atoms with Gasteiger partial charge in [-0.15, -0.1) is 0 Å². The Balaban J connectivity index is 1.84. The molecule has 104 valence electrons. The van der Waals surface area contributed by atoms with Crippen molar-refractivity contribution >= 4 is 17.7 Å². The van der Waals surface area contributed by atoms with Gasteiger partial charge in [-0.3, -0.25) is 4.79 Å². The third kappa shape index (κ3) is 3.51. The summed E-state index contributed by atoms with van der Waals surface area (Å²) in [5, 5.41) is 13.3. The molecule has 0 saturated heterocycles. The molecule has 1 amide bonds. The average Bonchev–Trinajstić information content (AvgIpc) is 2.75. The normalized spacial score (nSPS) is 16.1. The van der Waals surface area contributed by atoms with Crippen molar-refractivity contribution in [1.82, 2.24) is 5.32 Å². The second kappa shape index (κ2) is 6.44. The summed E-state index contributed by atoms with van der Waals surface area (Å²) in [5.41, 5.74) is 0.925. The molecule has 0 spiro atoms. The van der Waals surface area contributed by atoms with Gasteiger partial charge < -0.3 is 10.4 Å². The van der Waals surface area contributed by atoms with Crippen molar-refractivity contribution in [2.75, 3.05) is 18.6 Å². The summed E-state index contributed by atoms with van der Waals surface area (Å²) in [6.45, 7) is 0.651. The Kier molecular flexibility index (Phi) is 4.88. The smallest absolute Gasteiger partial charge is 0.252 e. The van der Waals surface area contributed by atoms with Gasteiger partial charge in [0.25, 0.3) is 5.91 Å². The summed E-state index contributed by atoms with van der Waals surface area (Å²) in [5.74, 6) is 0.888. The molecule has 0 fully saturated rings. The van der Waals surface area contributed by atoms with Crippen LogP contribution in [-0.2, 0) is 17.6 Å². The number of carbonyl (C=O) groups excluding carboxylic acids is 1. The number of hydrogen-bond acceptors (Lipinski definition) is 3. The monoisotopic (exact) mass is 279 g/mol. The van der Waals surface area contributed by atoms with Crippen LogP contribution in [-0.4, -0.2) is 35.2 Å². The highest BCUT2D eigenvalue weighted by molar-refractivity contribution is 7.98. The highest BCUT2D eigenvalue weighted by Crippen LogP contribution is 2.30. The fourth-order valence-electron chi connectivity index (χ4n) is 2.49. The topological polar surface area (TPSA) is 49.3 Å². The molecule has 0 atom stereocenters. The van der Waals surface area contributed by atoms with E-state index in [1.165, 1.54) is 0 Å². The summed E-state index contributed by atoms with van der Waals surface area (Å²) in [7, 11) is 0. The van der Waals surface area contributed by atoms with Gasteiger partial charge in [0.15, 0.2) is 5.60 Å². The molecule has 0 aromatic heterocycles. The van der Waals surface area contributed by atoms with E-state index in [0.29, 0.717) is 19.4 Å². The van der Waals surface area contributed by atoms with Crippen LogP contribution in [0.15, 0.2) is 24.3 Å². The zero-order valence-corrected chi connectivity index (χ0v) is 12.1. The second-order valence-electron chi connectivity index (χ2n) is 5.11. The van der Waals surface area contributed by atoms with Crippen LogP contribution in [0, 0.1) is 0 Å². The van der Waals surface area contributed by atoms with E-state index in [1.54, 1.807) is 0 Å². The lowest BCUT2D eigenvalue weighted by atomic mass is 9.99. The summed E-state index contributed by atoms with van der Waals surface area (Å²) in [4.78, 5) is 12.1. The Morgan fingerprint density at radius 1 is 1.32 bits per heavy atom. The number of aliphatic hydroxyl groups is 1. The van der Waals surface area contributed by atoms with Crippen molar-refractivity contribution in [1.29, 1.82) is 0 Å². The molecule has 2 N–H and O–H groups in total. The predicted octanol–water partition coefficient (Wildman–Crippen LogP) is 1.78. The molecule has 2 rings (SSSR count). The number of amides is 1. The van der Waals surface area contributed by atoms with Crippen molar-refractivity contribution in [3.63, 3.8) is 0 Å². The largest absolute Gasteiger partial charge is 0.379 e. The summed E-state index contributed by atoms with van der Waals surface area (Å²) in [6, 6.07) is 7.87. The van der Waals surface area contributed by atoms with Crippen LogP contribution in [0.2, 0.25) is 0 Å². The molecule has 0 aliphatic heterocycles. The highest BCUT2D eigenvalue weighted by atomic mass is 32.2. The molecule has 3 nitrogen and oxygen atoms in total. The van der Waals surface area contributed by atoms with E-state index in [0.717, 1.165) is 29.7 Å². The second-order valence-corrected chi connectivity index (χ2v) is 6.10. The number of carbonyl (C=O) groups is 1. The van der Waals surface area contributed by atoms with Crippen LogP contribution >= 0.6 is 11.8 Å². The van der Waals surface area contributed by atoms with Crippen LogP contribution < -0.4 is 5.32 Å². The SMILES string of the molecule is CSCCCCNC(=O)C1(O)Cc2ccccc2C1. The number of nitrogens with one attached hydrogen (secondary N) is 1. The molecule has 4 heteroatoms. The third-order valence-corrected chi connectivity index (χ3v) is 4.26. The van der Waals surface area contributed by atoms with Crippen LogP contribution in [0.1, 0.15) is 24.0 Å². The highest BCUT2D eigenvalue weighted by Gasteiger charge is 2.41. The van der Waals surface area contributed by atoms with Crippen LogP contribution in [0.3, 0.4) is 0 Å². The van der Waals surface area contributed by atoms with Gasteiger partial charge in [0.2, 0.25) is 0 Å². The van der Waals surface area contributed by atoms with Gasteiger partial charge >= 0.3 is 0 Å². The Hall–Kier alpha value is -1.00. The van der Waals surface area contributed by atoms with Gasteiger partial charge in [-0.1, -0.05) is 24.3 Å². The molecule has 0 unspecified atom stereocenters. The average molecular weight is 279 g/mol. The maximum absolute atomic E-state index is 12.1. The predicted molar refractivity (Wildman–Crippen MR) is 79.4 cm³/mol. The lowest BCUT2D eigenvalue weighted by Crippen LogP contribution is -2.47. The van der Waals surface area contributed by atoms with E-state index in [4.69, 9.17) is 0 Å². The van der Waals surface area contributed by atoms with Gasteiger partial charge in [-0.05, 0) is 36.0 Å². The first-order valence-electron chi connectivity index (χ1n) is 6.72. The van der Waals surface area contributed by atoms with Crippen molar-refractivity contribution in [2.24, 2.45) is 0 Å². The zero-order valence-electron chi connectivity index (χ0n) is 11.3. The summed E-state index contributed by atoms with van der Waals surface area (Å²) < 4.78 is 0. The van der Waals surface area contributed by atoms with Crippen LogP contribution in [0.25, 0.3) is 0 Å². The van der Waals surface area contributed by atoms with Crippen molar-refractivity contribution in [2.45, 2.75) is 31.3 Å². The molecule has 0 saturated carbocycles. The number of rotatable bonds is 6. The standard InChI is InChI=1S/C15H21NO2S/c1-19-9-5-4-8-16-14(17)15(18)10-12-6-2-3-7-13(12)11-15/h2-3,6-7,18H,4-5,8-11H2,1H3,(H,16,17). The van der Waals surface area contributed by atoms with Crippen LogP contribution in [0.5, 0.6) is 0 Å². The Morgan fingerprint density at radius 3 is 2.53 bits per heavy atom. The lowest BCUT2D eigenvalue weighted by molar-refractivity contribution is -0.138. The van der Waals surface area contributed by atoms with E-state index in [2.05, 4.69) is 11.6 Å². The molecule has 1 aromatic carbocycles. The van der Waals surface area contributed by atoms with E-state index in [1.807, 2.05) is 36.0 Å². The molecular formula is C15H21NO2S. The summed E-state index contributed by atoms with van der Waals surface area (Å²) in [6.07, 6.45) is 5.01. The number of benzene rings is 1. The molecule has 0 bridgehead atoms. The first kappa shape index (κ1) is 14.4. The quantitative estimate of drug-likeness (QED) is 0.780. The molecule has 0 heterocycles. The van der Waals surface area contributed by atoms with Crippen molar-refractivity contribution < 1.29 is 9.90 Å². The Morgan fingerprint density at radius 2 is 1.95 bits per heavy atom. The number of thioether (sulfide) groups is 1. The molecular weight excluding hydrogens is 258 g/mol. The number of hydrogen-bond donors (Lipinski definition) is 2. The molecule has 1 aliphatic rings. The van der Waals surface area contributed by atoms with E-state index < -0.39 is 5.60 Å². The van der Waals surface area contributed by atoms with Gasteiger partial charge in [0.1, 0.15) is 0 Å². The van der Waals surface area contributed by atoms with Gasteiger partial charge in [-0.25, -0.2) is 0 Å². The Labute approximate surface area is 118 Å². The third-order valence-electron chi connectivity index (χ3n) is 3.57. The summed E-state index contributed by atoms with van der Waals surface area (Å²) >= 11 is 1.81. The lowest BCUT2D eigenvalue weighted by Gasteiger charge is -2.21. The minimum absolute atomic E-state index is 0.229. The van der Waals surface area contributed by atoms with Gasteiger partial charge in [0.05, 0.1) is 0 Å². The van der Waals surface area contributed by atoms with Crippen LogP contribution in [0.4, 0.5) is 0 Å². The van der Waals surface area contributed by atoms with E-state index in [-0.39, 0.29) is 5.91 Å². The van der Waals surface area contributed by atoms with Gasteiger partial charge in [-0.2, -0.15) is 11.8 Å². The number of fused-ring (bicyclic) bond motifs is 1. The first-order valence-corrected chi connectivity index (χ1v) is 8.11. The maximum atomic E-state index is 12.1. The van der Waals surface area contributed by atoms with E-state index >= 15 is 0 Å². The van der Waals surface area contributed by atoms with E-state index in [9.17, 15) is 9.90 Å². The Bertz CT molecular complexity index is 423. The van der Waals surface area contributed by atoms with Crippen molar-refractivity contribution in [3.05, 3.63) is 35.4 Å². The maximum Gasteiger partial charge on any atom is 0.252 e. The molecule has 1 aromatic rings. The van der Waals surface area contributed by atoms with Gasteiger partial charge in [0, 0.05) is 19.4 Å². The van der Waals surface area contributed by atoms with Crippen molar-refractivity contribution in [3.8, 4) is 0 Å².